The molecule has 76 valence electrons. The van der Waals surface area contributed by atoms with E-state index in [1.165, 1.54) is 0 Å². The molecule has 0 saturated heterocycles. The van der Waals surface area contributed by atoms with E-state index < -0.39 is 5.82 Å². The largest absolute Gasteiger partial charge is 0.215 e. The Labute approximate surface area is 94.5 Å². The third-order valence-electron chi connectivity index (χ3n) is 1.77. The zero-order valence-electron chi connectivity index (χ0n) is 7.39. The first-order valence-corrected chi connectivity index (χ1v) is 5.06. The molecule has 0 radical (unpaired) electrons. The number of nitrogens with two attached hydrogens (primary N) is 1. The van der Waals surface area contributed by atoms with Gasteiger partial charge in [-0.1, -0.05) is 17.7 Å². The molecule has 0 fully saturated rings. The smallest absolute Gasteiger partial charge is 0.207 e. The number of benzene rings is 1. The van der Waals surface area contributed by atoms with Crippen LogP contribution in [0.15, 0.2) is 22.7 Å². The lowest BCUT2D eigenvalue weighted by Gasteiger charge is -2.04. The molecule has 3 N–H and O–H groups in total. The van der Waals surface area contributed by atoms with Crippen molar-refractivity contribution in [2.75, 3.05) is 0 Å². The highest BCUT2D eigenvalue weighted by Crippen LogP contribution is 2.30. The molecule has 0 atom stereocenters. The number of halogens is 3. The lowest BCUT2D eigenvalue weighted by Crippen LogP contribution is -2.74. The fourth-order valence-corrected chi connectivity index (χ4v) is 1.57. The van der Waals surface area contributed by atoms with Gasteiger partial charge in [0.25, 0.3) is 0 Å². The van der Waals surface area contributed by atoms with Crippen LogP contribution in [0.3, 0.4) is 0 Å². The normalized spacial score (nSPS) is 11.9. The van der Waals surface area contributed by atoms with E-state index in [2.05, 4.69) is 15.9 Å². The Balaban J connectivity index is 3.38. The van der Waals surface area contributed by atoms with Gasteiger partial charge in [-0.2, -0.15) is 9.87 Å². The summed E-state index contributed by atoms with van der Waals surface area (Å²) < 4.78 is 13.7. The third-order valence-corrected chi connectivity index (χ3v) is 2.81. The summed E-state index contributed by atoms with van der Waals surface area (Å²) in [5, 5.41) is 9.30. The van der Waals surface area contributed by atoms with Crippen LogP contribution in [0.5, 0.6) is 0 Å². The Kier molecular flexibility index (Phi) is 4.07. The second-order valence-electron chi connectivity index (χ2n) is 2.59. The van der Waals surface area contributed by atoms with Crippen molar-refractivity contribution in [2.24, 2.45) is 0 Å². The van der Waals surface area contributed by atoms with E-state index in [0.717, 1.165) is 0 Å². The minimum Gasteiger partial charge on any atom is -0.215 e. The van der Waals surface area contributed by atoms with Crippen molar-refractivity contribution in [2.45, 2.75) is 6.92 Å². The molecule has 2 nitrogen and oxygen atoms in total. The maximum absolute atomic E-state index is 13.4. The lowest BCUT2D eigenvalue weighted by atomic mass is 10.1. The van der Waals surface area contributed by atoms with Gasteiger partial charge in [-0.25, -0.2) is 5.21 Å². The summed E-state index contributed by atoms with van der Waals surface area (Å²) in [6.45, 7) is 1.74. The van der Waals surface area contributed by atoms with E-state index in [1.54, 1.807) is 25.1 Å². The van der Waals surface area contributed by atoms with E-state index in [4.69, 9.17) is 16.8 Å². The highest BCUT2D eigenvalue weighted by molar-refractivity contribution is 9.10. The molecule has 0 aliphatic rings. The molecule has 1 rings (SSSR count). The van der Waals surface area contributed by atoms with Gasteiger partial charge >= 0.3 is 0 Å². The highest BCUT2D eigenvalue weighted by atomic mass is 79.9. The zero-order chi connectivity index (χ0) is 10.7. The van der Waals surface area contributed by atoms with Crippen LogP contribution in [0.1, 0.15) is 12.5 Å². The fraction of sp³-hybridized carbons (Fsp3) is 0.111. The maximum atomic E-state index is 13.4. The van der Waals surface area contributed by atoms with Crippen LogP contribution in [-0.2, 0) is 0 Å². The van der Waals surface area contributed by atoms with E-state index in [9.17, 15) is 4.39 Å². The van der Waals surface area contributed by atoms with Gasteiger partial charge in [-0.05, 0) is 35.0 Å². The lowest BCUT2D eigenvalue weighted by molar-refractivity contribution is -0.826. The fourth-order valence-electron chi connectivity index (χ4n) is 1.06. The Morgan fingerprint density at radius 1 is 1.64 bits per heavy atom. The Morgan fingerprint density at radius 2 is 2.29 bits per heavy atom. The van der Waals surface area contributed by atoms with Gasteiger partial charge in [-0.3, -0.25) is 0 Å². The summed E-state index contributed by atoms with van der Waals surface area (Å²) in [4.78, 5) is 0. The molecular weight excluding hydrogens is 272 g/mol. The molecule has 0 saturated carbocycles. The standard InChI is InChI=1S/C9H8BrClFNO/c1-2-7(11)5-3-4-6(10)8(12)9(5)13-14/h2-4,13-14H,1H3/p+1/b7-2+. The van der Waals surface area contributed by atoms with Crippen molar-refractivity contribution in [1.29, 1.82) is 0 Å². The molecule has 5 heteroatoms. The Hall–Kier alpha value is -0.420. The van der Waals surface area contributed by atoms with Crippen molar-refractivity contribution < 1.29 is 15.1 Å². The van der Waals surface area contributed by atoms with Gasteiger partial charge in [0.2, 0.25) is 11.5 Å². The van der Waals surface area contributed by atoms with E-state index in [1.807, 2.05) is 0 Å². The average molecular weight is 282 g/mol. The first-order chi connectivity index (χ1) is 6.61. The van der Waals surface area contributed by atoms with Crippen LogP contribution < -0.4 is 5.48 Å². The van der Waals surface area contributed by atoms with Crippen LogP contribution in [0, 0.1) is 5.82 Å². The summed E-state index contributed by atoms with van der Waals surface area (Å²) >= 11 is 8.87. The van der Waals surface area contributed by atoms with Gasteiger partial charge in [0.1, 0.15) is 0 Å². The number of rotatable bonds is 2. The van der Waals surface area contributed by atoms with E-state index in [0.29, 0.717) is 20.5 Å². The minimum absolute atomic E-state index is 0.0856. The van der Waals surface area contributed by atoms with Gasteiger partial charge in [0, 0.05) is 5.03 Å². The highest BCUT2D eigenvalue weighted by Gasteiger charge is 2.17. The quantitative estimate of drug-likeness (QED) is 0.635. The summed E-state index contributed by atoms with van der Waals surface area (Å²) in [5.41, 5.74) is 1.27. The molecule has 1 aromatic rings. The second kappa shape index (κ2) is 4.89. The van der Waals surface area contributed by atoms with E-state index >= 15 is 0 Å². The van der Waals surface area contributed by atoms with Crippen molar-refractivity contribution in [3.63, 3.8) is 0 Å². The van der Waals surface area contributed by atoms with Gasteiger partial charge in [0.15, 0.2) is 0 Å². The molecule has 0 unspecified atom stereocenters. The van der Waals surface area contributed by atoms with Gasteiger partial charge < -0.3 is 0 Å². The zero-order valence-corrected chi connectivity index (χ0v) is 9.73. The van der Waals surface area contributed by atoms with Crippen molar-refractivity contribution in [1.82, 2.24) is 0 Å². The Morgan fingerprint density at radius 3 is 2.79 bits per heavy atom. The molecule has 1 aromatic carbocycles. The number of allylic oxidation sites excluding steroid dienone is 1. The summed E-state index contributed by atoms with van der Waals surface area (Å²) in [6, 6.07) is 3.18. The molecule has 0 spiro atoms. The van der Waals surface area contributed by atoms with Crippen LogP contribution in [0.4, 0.5) is 10.1 Å². The van der Waals surface area contributed by atoms with E-state index in [-0.39, 0.29) is 5.69 Å². The molecular formula is C9H9BrClFNO+. The van der Waals surface area contributed by atoms with Gasteiger partial charge in [-0.15, -0.1) is 0 Å². The molecule has 14 heavy (non-hydrogen) atoms. The monoisotopic (exact) mass is 280 g/mol. The number of hydrogen-bond donors (Lipinski definition) is 2. The minimum atomic E-state index is -0.523. The predicted octanol–water partition coefficient (Wildman–Crippen LogP) is 2.77. The van der Waals surface area contributed by atoms with Crippen LogP contribution in [0.25, 0.3) is 5.03 Å². The molecule has 0 aliphatic carbocycles. The summed E-state index contributed by atoms with van der Waals surface area (Å²) in [6.07, 6.45) is 1.64. The summed E-state index contributed by atoms with van der Waals surface area (Å²) in [5.74, 6) is -0.523. The van der Waals surface area contributed by atoms with Gasteiger partial charge in [0.05, 0.1) is 10.0 Å². The van der Waals surface area contributed by atoms with Crippen molar-refractivity contribution in [3.8, 4) is 0 Å². The summed E-state index contributed by atoms with van der Waals surface area (Å²) in [7, 11) is 0. The third kappa shape index (κ3) is 2.15. The van der Waals surface area contributed by atoms with Crippen molar-refractivity contribution >= 4 is 38.3 Å². The molecule has 0 amide bonds. The van der Waals surface area contributed by atoms with Crippen LogP contribution in [0.2, 0.25) is 0 Å². The molecule has 0 aliphatic heterocycles. The number of quaternary nitrogens is 1. The average Bonchev–Trinajstić information content (AvgIpc) is 2.20. The first-order valence-electron chi connectivity index (χ1n) is 3.89. The second-order valence-corrected chi connectivity index (χ2v) is 3.85. The Bertz CT molecular complexity index is 381. The molecule has 0 heterocycles. The van der Waals surface area contributed by atoms with Crippen LogP contribution >= 0.6 is 27.5 Å². The number of hydrogen-bond acceptors (Lipinski definition) is 1. The predicted molar refractivity (Wildman–Crippen MR) is 57.0 cm³/mol. The SMILES string of the molecule is C/C=C(/Cl)c1ccc(Br)c(F)c1[NH2+]O. The topological polar surface area (TPSA) is 36.8 Å². The molecule has 0 bridgehead atoms. The molecule has 0 aromatic heterocycles. The van der Waals surface area contributed by atoms with Crippen molar-refractivity contribution in [3.05, 3.63) is 34.1 Å². The maximum Gasteiger partial charge on any atom is 0.207 e. The van der Waals surface area contributed by atoms with Crippen LogP contribution in [-0.4, -0.2) is 5.21 Å². The first kappa shape index (κ1) is 11.7.